The maximum absolute atomic E-state index is 11.8. The predicted molar refractivity (Wildman–Crippen MR) is 62.5 cm³/mol. The molecule has 0 spiro atoms. The normalized spacial score (nSPS) is 13.4. The van der Waals surface area contributed by atoms with Gasteiger partial charge in [0.25, 0.3) is 10.0 Å². The molecule has 1 rings (SSSR count). The van der Waals surface area contributed by atoms with Crippen molar-refractivity contribution in [2.24, 2.45) is 0 Å². The summed E-state index contributed by atoms with van der Waals surface area (Å²) >= 11 is 6.46. The molecule has 0 aliphatic rings. The van der Waals surface area contributed by atoms with Crippen molar-refractivity contribution in [1.29, 1.82) is 0 Å². The fraction of sp³-hybridized carbons (Fsp3) is 0.375. The molecule has 96 valence electrons. The minimum Gasteiger partial charge on any atom is -0.468 e. The Balaban J connectivity index is 2.89. The Labute approximate surface area is 107 Å². The summed E-state index contributed by atoms with van der Waals surface area (Å²) in [6.45, 7) is -0.689. The Morgan fingerprint density at radius 3 is 2.71 bits per heavy atom. The third-order valence-corrected chi connectivity index (χ3v) is 4.97. The number of ether oxygens (including phenoxy) is 1. The number of carbonyl (C=O) groups excluding carboxylic acids is 1. The molecule has 0 bridgehead atoms. The van der Waals surface area contributed by atoms with E-state index in [0.29, 0.717) is 4.34 Å². The van der Waals surface area contributed by atoms with E-state index in [1.54, 1.807) is 0 Å². The average molecular weight is 300 g/mol. The lowest BCUT2D eigenvalue weighted by molar-refractivity contribution is -0.143. The van der Waals surface area contributed by atoms with Crippen LogP contribution in [0.1, 0.15) is 0 Å². The van der Waals surface area contributed by atoms with Crippen LogP contribution in [0, 0.1) is 0 Å². The van der Waals surface area contributed by atoms with E-state index in [4.69, 9.17) is 16.7 Å². The number of aliphatic hydroxyl groups excluding tert-OH is 1. The lowest BCUT2D eigenvalue weighted by Gasteiger charge is -2.12. The van der Waals surface area contributed by atoms with E-state index in [1.807, 2.05) is 4.72 Å². The Kier molecular flexibility index (Phi) is 4.90. The zero-order valence-electron chi connectivity index (χ0n) is 8.71. The minimum atomic E-state index is -3.88. The molecule has 6 nitrogen and oxygen atoms in total. The van der Waals surface area contributed by atoms with Gasteiger partial charge in [-0.2, -0.15) is 4.72 Å². The van der Waals surface area contributed by atoms with Crippen LogP contribution in [-0.4, -0.2) is 39.3 Å². The van der Waals surface area contributed by atoms with Gasteiger partial charge >= 0.3 is 5.97 Å². The molecule has 0 aromatic carbocycles. The smallest absolute Gasteiger partial charge is 0.326 e. The summed E-state index contributed by atoms with van der Waals surface area (Å²) < 4.78 is 30.2. The highest BCUT2D eigenvalue weighted by atomic mass is 35.5. The molecule has 0 unspecified atom stereocenters. The van der Waals surface area contributed by atoms with Gasteiger partial charge in [-0.05, 0) is 12.1 Å². The first-order valence-corrected chi connectivity index (χ1v) is 7.05. The van der Waals surface area contributed by atoms with Gasteiger partial charge in [-0.25, -0.2) is 8.42 Å². The number of aliphatic hydroxyl groups is 1. The van der Waals surface area contributed by atoms with Crippen LogP contribution in [0.15, 0.2) is 16.3 Å². The van der Waals surface area contributed by atoms with Crippen molar-refractivity contribution in [3.05, 3.63) is 16.5 Å². The summed E-state index contributed by atoms with van der Waals surface area (Å²) in [5.41, 5.74) is 0. The van der Waals surface area contributed by atoms with Crippen LogP contribution >= 0.6 is 22.9 Å². The molecule has 1 aromatic rings. The van der Waals surface area contributed by atoms with E-state index >= 15 is 0 Å². The number of methoxy groups -OCH3 is 1. The van der Waals surface area contributed by atoms with Crippen LogP contribution in [0.25, 0.3) is 0 Å². The second-order valence-electron chi connectivity index (χ2n) is 2.94. The molecule has 0 saturated heterocycles. The number of hydrogen-bond acceptors (Lipinski definition) is 6. The molecule has 1 aromatic heterocycles. The van der Waals surface area contributed by atoms with Crippen molar-refractivity contribution in [2.75, 3.05) is 13.7 Å². The monoisotopic (exact) mass is 299 g/mol. The molecule has 0 saturated carbocycles. The largest absolute Gasteiger partial charge is 0.468 e. The van der Waals surface area contributed by atoms with Crippen molar-refractivity contribution in [3.63, 3.8) is 0 Å². The molecule has 9 heteroatoms. The highest BCUT2D eigenvalue weighted by Gasteiger charge is 2.26. The summed E-state index contributed by atoms with van der Waals surface area (Å²) in [5.74, 6) is -0.862. The van der Waals surface area contributed by atoms with E-state index in [9.17, 15) is 13.2 Å². The number of rotatable bonds is 5. The number of halogens is 1. The van der Waals surface area contributed by atoms with Gasteiger partial charge in [0.1, 0.15) is 10.3 Å². The minimum absolute atomic E-state index is 0.0372. The molecule has 0 fully saturated rings. The highest BCUT2D eigenvalue weighted by Crippen LogP contribution is 2.25. The number of carbonyl (C=O) groups is 1. The van der Waals surface area contributed by atoms with Crippen LogP contribution in [0.5, 0.6) is 0 Å². The van der Waals surface area contributed by atoms with Gasteiger partial charge in [0.2, 0.25) is 0 Å². The van der Waals surface area contributed by atoms with Crippen LogP contribution in [0.4, 0.5) is 0 Å². The summed E-state index contributed by atoms with van der Waals surface area (Å²) in [6, 6.07) is 1.40. The molecule has 0 aliphatic heterocycles. The van der Waals surface area contributed by atoms with Gasteiger partial charge in [-0.3, -0.25) is 4.79 Å². The van der Waals surface area contributed by atoms with Gasteiger partial charge in [0.05, 0.1) is 18.1 Å². The standard InChI is InChI=1S/C8H10ClNO5S2/c1-15-8(12)5(4-11)10-17(13,14)7-3-2-6(9)16-7/h2-3,5,10-11H,4H2,1H3/t5-/m0/s1. The topological polar surface area (TPSA) is 92.7 Å². The highest BCUT2D eigenvalue weighted by molar-refractivity contribution is 7.91. The van der Waals surface area contributed by atoms with Gasteiger partial charge in [-0.1, -0.05) is 11.6 Å². The molecule has 0 amide bonds. The Morgan fingerprint density at radius 1 is 1.65 bits per heavy atom. The second kappa shape index (κ2) is 5.78. The van der Waals surface area contributed by atoms with E-state index in [0.717, 1.165) is 18.4 Å². The Bertz CT molecular complexity index is 498. The molecular formula is C8H10ClNO5S2. The van der Waals surface area contributed by atoms with E-state index in [1.165, 1.54) is 12.1 Å². The van der Waals surface area contributed by atoms with Gasteiger partial charge < -0.3 is 9.84 Å². The Morgan fingerprint density at radius 2 is 2.29 bits per heavy atom. The summed E-state index contributed by atoms with van der Waals surface area (Å²) in [6.07, 6.45) is 0. The van der Waals surface area contributed by atoms with E-state index in [2.05, 4.69) is 4.74 Å². The number of sulfonamides is 1. The quantitative estimate of drug-likeness (QED) is 0.759. The fourth-order valence-corrected chi connectivity index (χ4v) is 3.66. The number of esters is 1. The molecule has 0 aliphatic carbocycles. The summed E-state index contributed by atoms with van der Waals surface area (Å²) in [7, 11) is -2.78. The van der Waals surface area contributed by atoms with Crippen LogP contribution in [0.3, 0.4) is 0 Å². The van der Waals surface area contributed by atoms with Gasteiger partial charge in [-0.15, -0.1) is 11.3 Å². The zero-order chi connectivity index (χ0) is 13.1. The third-order valence-electron chi connectivity index (χ3n) is 1.78. The lowest BCUT2D eigenvalue weighted by atomic mass is 10.3. The third kappa shape index (κ3) is 3.65. The summed E-state index contributed by atoms with van der Waals surface area (Å²) in [5, 5.41) is 8.89. The Hall–Kier alpha value is -0.670. The predicted octanol–water partition coefficient (Wildman–Crippen LogP) is 0.214. The molecule has 1 heterocycles. The number of thiophene rings is 1. The zero-order valence-corrected chi connectivity index (χ0v) is 11.1. The van der Waals surface area contributed by atoms with Gasteiger partial charge in [0, 0.05) is 0 Å². The molecule has 1 atom stereocenters. The molecule has 2 N–H and O–H groups in total. The SMILES string of the molecule is COC(=O)[C@H](CO)NS(=O)(=O)c1ccc(Cl)s1. The maximum atomic E-state index is 11.8. The summed E-state index contributed by atoms with van der Waals surface area (Å²) in [4.78, 5) is 11.1. The molecule has 17 heavy (non-hydrogen) atoms. The van der Waals surface area contributed by atoms with Crippen molar-refractivity contribution in [2.45, 2.75) is 10.3 Å². The van der Waals surface area contributed by atoms with Crippen LogP contribution in [-0.2, 0) is 19.6 Å². The van der Waals surface area contributed by atoms with Crippen molar-refractivity contribution >= 4 is 38.9 Å². The fourth-order valence-electron chi connectivity index (χ4n) is 0.990. The molecular weight excluding hydrogens is 290 g/mol. The second-order valence-corrected chi connectivity index (χ2v) is 6.59. The van der Waals surface area contributed by atoms with Crippen molar-refractivity contribution < 1.29 is 23.1 Å². The van der Waals surface area contributed by atoms with Crippen molar-refractivity contribution in [3.8, 4) is 0 Å². The van der Waals surface area contributed by atoms with Crippen LogP contribution in [0.2, 0.25) is 4.34 Å². The maximum Gasteiger partial charge on any atom is 0.326 e. The number of nitrogens with one attached hydrogen (secondary N) is 1. The van der Waals surface area contributed by atoms with Crippen molar-refractivity contribution in [1.82, 2.24) is 4.72 Å². The van der Waals surface area contributed by atoms with E-state index in [-0.39, 0.29) is 4.21 Å². The first kappa shape index (κ1) is 14.4. The molecule has 0 radical (unpaired) electrons. The van der Waals surface area contributed by atoms with Crippen LogP contribution < -0.4 is 4.72 Å². The van der Waals surface area contributed by atoms with Gasteiger partial charge in [0.15, 0.2) is 0 Å². The first-order chi connectivity index (χ1) is 7.90. The first-order valence-electron chi connectivity index (χ1n) is 4.37. The number of hydrogen-bond donors (Lipinski definition) is 2. The van der Waals surface area contributed by atoms with E-state index < -0.39 is 28.6 Å². The lowest BCUT2D eigenvalue weighted by Crippen LogP contribution is -2.43. The average Bonchev–Trinajstić information content (AvgIpc) is 2.72.